The lowest BCUT2D eigenvalue weighted by atomic mass is 10.0. The summed E-state index contributed by atoms with van der Waals surface area (Å²) in [5.41, 5.74) is 6.68. The number of hydrogen-bond acceptors (Lipinski definition) is 3. The molecule has 0 saturated heterocycles. The molecule has 0 aromatic heterocycles. The van der Waals surface area contributed by atoms with Gasteiger partial charge in [-0.15, -0.1) is 0 Å². The van der Waals surface area contributed by atoms with Gasteiger partial charge in [0.15, 0.2) is 0 Å². The fraction of sp³-hybridized carbons (Fsp3) is 0.462. The van der Waals surface area contributed by atoms with Crippen LogP contribution in [0.15, 0.2) is 24.3 Å². The number of carbonyl (C=O) groups is 1. The molecule has 4 N–H and O–H groups in total. The first-order valence-electron chi connectivity index (χ1n) is 5.81. The highest BCUT2D eigenvalue weighted by atomic mass is 16.3. The summed E-state index contributed by atoms with van der Waals surface area (Å²) in [5, 5.41) is 12.0. The van der Waals surface area contributed by atoms with Crippen LogP contribution in [0.1, 0.15) is 30.6 Å². The molecule has 0 aliphatic rings. The summed E-state index contributed by atoms with van der Waals surface area (Å²) in [6.07, 6.45) is 0.327. The highest BCUT2D eigenvalue weighted by molar-refractivity contribution is 5.99. The lowest BCUT2D eigenvalue weighted by molar-refractivity contribution is 0.0940. The minimum atomic E-state index is -0.344. The van der Waals surface area contributed by atoms with Gasteiger partial charge < -0.3 is 16.2 Å². The minimum absolute atomic E-state index is 0.166. The molecule has 0 bridgehead atoms. The van der Waals surface area contributed by atoms with E-state index in [9.17, 15) is 9.90 Å². The number of nitrogens with two attached hydrogens (primary N) is 1. The number of hydrogen-bond donors (Lipinski definition) is 3. The molecule has 1 aromatic rings. The summed E-state index contributed by atoms with van der Waals surface area (Å²) in [5.74, 6) is 0.0735. The average Bonchev–Trinajstić information content (AvgIpc) is 2.25. The Morgan fingerprint density at radius 2 is 2.06 bits per heavy atom. The van der Waals surface area contributed by atoms with Gasteiger partial charge in [0, 0.05) is 12.2 Å². The predicted octanol–water partition coefficient (Wildman–Crippen LogP) is 1.41. The maximum atomic E-state index is 11.8. The molecule has 2 atom stereocenters. The van der Waals surface area contributed by atoms with Crippen LogP contribution in [0.4, 0.5) is 5.69 Å². The van der Waals surface area contributed by atoms with Crippen molar-refractivity contribution in [3.8, 4) is 0 Å². The van der Waals surface area contributed by atoms with Crippen LogP contribution < -0.4 is 11.1 Å². The zero-order valence-corrected chi connectivity index (χ0v) is 10.3. The third-order valence-corrected chi connectivity index (χ3v) is 2.56. The van der Waals surface area contributed by atoms with Gasteiger partial charge in [-0.1, -0.05) is 19.1 Å². The Morgan fingerprint density at radius 3 is 2.65 bits per heavy atom. The zero-order valence-electron chi connectivity index (χ0n) is 10.3. The summed E-state index contributed by atoms with van der Waals surface area (Å²) < 4.78 is 0. The number of anilines is 1. The van der Waals surface area contributed by atoms with Gasteiger partial charge in [-0.3, -0.25) is 4.79 Å². The lowest BCUT2D eigenvalue weighted by Crippen LogP contribution is -2.30. The summed E-state index contributed by atoms with van der Waals surface area (Å²) in [6.45, 7) is 4.27. The fourth-order valence-electron chi connectivity index (χ4n) is 1.73. The van der Waals surface area contributed by atoms with Crippen molar-refractivity contribution in [3.05, 3.63) is 29.8 Å². The Balaban J connectivity index is 2.48. The monoisotopic (exact) mass is 236 g/mol. The van der Waals surface area contributed by atoms with Crippen molar-refractivity contribution in [3.63, 3.8) is 0 Å². The van der Waals surface area contributed by atoms with E-state index in [1.54, 1.807) is 31.2 Å². The molecule has 0 aliphatic heterocycles. The van der Waals surface area contributed by atoms with Crippen LogP contribution in [0.3, 0.4) is 0 Å². The summed E-state index contributed by atoms with van der Waals surface area (Å²) in [6, 6.07) is 6.98. The molecule has 0 saturated carbocycles. The second-order valence-corrected chi connectivity index (χ2v) is 4.49. The molecular weight excluding hydrogens is 216 g/mol. The van der Waals surface area contributed by atoms with Gasteiger partial charge in [-0.25, -0.2) is 0 Å². The van der Waals surface area contributed by atoms with E-state index in [1.807, 2.05) is 6.92 Å². The van der Waals surface area contributed by atoms with Gasteiger partial charge in [-0.2, -0.15) is 0 Å². The Morgan fingerprint density at radius 1 is 1.41 bits per heavy atom. The summed E-state index contributed by atoms with van der Waals surface area (Å²) in [7, 11) is 0. The second kappa shape index (κ2) is 6.25. The molecule has 2 unspecified atom stereocenters. The van der Waals surface area contributed by atoms with E-state index >= 15 is 0 Å². The molecule has 0 heterocycles. The molecule has 4 heteroatoms. The smallest absolute Gasteiger partial charge is 0.253 e. The Labute approximate surface area is 102 Å². The molecular formula is C13H20N2O2. The topological polar surface area (TPSA) is 75.3 Å². The third kappa shape index (κ3) is 4.44. The van der Waals surface area contributed by atoms with E-state index in [2.05, 4.69) is 5.32 Å². The van der Waals surface area contributed by atoms with Crippen LogP contribution in [-0.2, 0) is 0 Å². The maximum absolute atomic E-state index is 11.8. The van der Waals surface area contributed by atoms with Crippen LogP contribution >= 0.6 is 0 Å². The number of aliphatic hydroxyl groups is 1. The number of rotatable bonds is 5. The van der Waals surface area contributed by atoms with Gasteiger partial charge in [0.25, 0.3) is 5.91 Å². The Kier molecular flexibility index (Phi) is 4.97. The molecule has 0 fully saturated rings. The standard InChI is InChI=1S/C13H20N2O2/c1-9(7-10(2)16)8-15-13(17)11-5-3-4-6-12(11)14/h3-6,9-10,16H,7-8,14H2,1-2H3,(H,15,17). The summed E-state index contributed by atoms with van der Waals surface area (Å²) >= 11 is 0. The average molecular weight is 236 g/mol. The zero-order chi connectivity index (χ0) is 12.8. The maximum Gasteiger partial charge on any atom is 0.253 e. The Bertz CT molecular complexity index is 377. The fourth-order valence-corrected chi connectivity index (χ4v) is 1.73. The normalized spacial score (nSPS) is 14.1. The number of benzene rings is 1. The van der Waals surface area contributed by atoms with E-state index in [-0.39, 0.29) is 17.9 Å². The van der Waals surface area contributed by atoms with Crippen molar-refractivity contribution in [2.24, 2.45) is 5.92 Å². The number of nitrogens with one attached hydrogen (secondary N) is 1. The van der Waals surface area contributed by atoms with E-state index in [0.717, 1.165) is 0 Å². The molecule has 94 valence electrons. The molecule has 1 aromatic carbocycles. The number of aliphatic hydroxyl groups excluding tert-OH is 1. The quantitative estimate of drug-likeness (QED) is 0.676. The van der Waals surface area contributed by atoms with Gasteiger partial charge in [-0.05, 0) is 31.4 Å². The first kappa shape index (κ1) is 13.5. The van der Waals surface area contributed by atoms with Crippen LogP contribution in [0.2, 0.25) is 0 Å². The van der Waals surface area contributed by atoms with Gasteiger partial charge in [0.2, 0.25) is 0 Å². The summed E-state index contributed by atoms with van der Waals surface area (Å²) in [4.78, 5) is 11.8. The molecule has 4 nitrogen and oxygen atoms in total. The molecule has 0 spiro atoms. The molecule has 1 amide bonds. The van der Waals surface area contributed by atoms with E-state index < -0.39 is 0 Å². The number of nitrogen functional groups attached to an aromatic ring is 1. The number of carbonyl (C=O) groups excluding carboxylic acids is 1. The van der Waals surface area contributed by atoms with Gasteiger partial charge in [0.1, 0.15) is 0 Å². The molecule has 1 rings (SSSR count). The van der Waals surface area contributed by atoms with E-state index in [4.69, 9.17) is 5.73 Å². The van der Waals surface area contributed by atoms with Gasteiger partial charge >= 0.3 is 0 Å². The SMILES string of the molecule is CC(O)CC(C)CNC(=O)c1ccccc1N. The first-order valence-corrected chi connectivity index (χ1v) is 5.81. The third-order valence-electron chi connectivity index (χ3n) is 2.56. The van der Waals surface area contributed by atoms with Gasteiger partial charge in [0.05, 0.1) is 11.7 Å². The molecule has 0 aliphatic carbocycles. The largest absolute Gasteiger partial charge is 0.398 e. The van der Waals surface area contributed by atoms with Crippen LogP contribution in [0.5, 0.6) is 0 Å². The number of para-hydroxylation sites is 1. The molecule has 0 radical (unpaired) electrons. The van der Waals surface area contributed by atoms with Crippen molar-refractivity contribution in [1.82, 2.24) is 5.32 Å². The second-order valence-electron chi connectivity index (χ2n) is 4.49. The van der Waals surface area contributed by atoms with Crippen molar-refractivity contribution in [1.29, 1.82) is 0 Å². The van der Waals surface area contributed by atoms with Crippen molar-refractivity contribution >= 4 is 11.6 Å². The van der Waals surface area contributed by atoms with Crippen molar-refractivity contribution in [2.45, 2.75) is 26.4 Å². The highest BCUT2D eigenvalue weighted by Gasteiger charge is 2.11. The van der Waals surface area contributed by atoms with Crippen LogP contribution in [-0.4, -0.2) is 23.7 Å². The van der Waals surface area contributed by atoms with E-state index in [0.29, 0.717) is 24.2 Å². The van der Waals surface area contributed by atoms with E-state index in [1.165, 1.54) is 0 Å². The molecule has 17 heavy (non-hydrogen) atoms. The van der Waals surface area contributed by atoms with Crippen LogP contribution in [0.25, 0.3) is 0 Å². The minimum Gasteiger partial charge on any atom is -0.398 e. The highest BCUT2D eigenvalue weighted by Crippen LogP contribution is 2.10. The van der Waals surface area contributed by atoms with Crippen molar-refractivity contribution < 1.29 is 9.90 Å². The van der Waals surface area contributed by atoms with Crippen molar-refractivity contribution in [2.75, 3.05) is 12.3 Å². The first-order chi connectivity index (χ1) is 8.00. The number of amides is 1. The van der Waals surface area contributed by atoms with Crippen LogP contribution in [0, 0.1) is 5.92 Å². The predicted molar refractivity (Wildman–Crippen MR) is 68.6 cm³/mol. The Hall–Kier alpha value is -1.55. The lowest BCUT2D eigenvalue weighted by Gasteiger charge is -2.14.